The highest BCUT2D eigenvalue weighted by Crippen LogP contribution is 2.24. The zero-order valence-corrected chi connectivity index (χ0v) is 20.9. The fourth-order valence-electron chi connectivity index (χ4n) is 3.72. The van der Waals surface area contributed by atoms with E-state index in [2.05, 4.69) is 58.2 Å². The van der Waals surface area contributed by atoms with Crippen LogP contribution in [0.3, 0.4) is 0 Å². The number of halogens is 1. The predicted octanol–water partition coefficient (Wildman–Crippen LogP) is 2.60. The Labute approximate surface area is 196 Å². The summed E-state index contributed by atoms with van der Waals surface area (Å²) < 4.78 is 0. The molecule has 2 heterocycles. The predicted molar refractivity (Wildman–Crippen MR) is 135 cm³/mol. The van der Waals surface area contributed by atoms with E-state index in [1.165, 1.54) is 5.69 Å². The number of carbonyl (C=O) groups is 1. The fraction of sp³-hybridized carbons (Fsp3) is 0.619. The minimum atomic E-state index is 0. The Morgan fingerprint density at radius 2 is 1.83 bits per heavy atom. The highest BCUT2D eigenvalue weighted by molar-refractivity contribution is 14.0. The lowest BCUT2D eigenvalue weighted by atomic mass is 10.1. The van der Waals surface area contributed by atoms with Gasteiger partial charge in [0, 0.05) is 63.0 Å². The van der Waals surface area contributed by atoms with Gasteiger partial charge in [-0.15, -0.1) is 24.0 Å². The number of anilines is 1. The number of para-hydroxylation sites is 1. The van der Waals surface area contributed by atoms with Gasteiger partial charge in [0.25, 0.3) is 0 Å². The highest BCUT2D eigenvalue weighted by Gasteiger charge is 2.26. The van der Waals surface area contributed by atoms with Crippen molar-refractivity contribution in [3.63, 3.8) is 0 Å². The maximum absolute atomic E-state index is 12.7. The van der Waals surface area contributed by atoms with Gasteiger partial charge in [-0.1, -0.05) is 32.0 Å². The summed E-state index contributed by atoms with van der Waals surface area (Å²) in [5, 5.41) is 3.92. The van der Waals surface area contributed by atoms with Crippen LogP contribution in [-0.4, -0.2) is 85.5 Å². The van der Waals surface area contributed by atoms with Crippen molar-refractivity contribution in [1.82, 2.24) is 15.1 Å². The number of nitrogens with zero attached hydrogens (tertiary/aromatic N) is 4. The molecule has 1 aromatic carbocycles. The molecule has 1 amide bonds. The van der Waals surface area contributed by atoms with E-state index in [4.69, 9.17) is 0 Å². The van der Waals surface area contributed by atoms with Crippen molar-refractivity contribution in [1.29, 1.82) is 0 Å². The van der Waals surface area contributed by atoms with E-state index in [1.807, 2.05) is 22.7 Å². The number of nitrogens with one attached hydrogen (secondary N) is 1. The van der Waals surface area contributed by atoms with Gasteiger partial charge in [0.2, 0.25) is 5.91 Å². The van der Waals surface area contributed by atoms with Crippen molar-refractivity contribution in [2.75, 3.05) is 63.5 Å². The lowest BCUT2D eigenvalue weighted by molar-refractivity contribution is -0.130. The number of piperazine rings is 1. The minimum Gasteiger partial charge on any atom is -0.368 e. The molecule has 6 nitrogen and oxygen atoms in total. The van der Waals surface area contributed by atoms with Crippen LogP contribution < -0.4 is 10.2 Å². The Bertz CT molecular complexity index is 664. The van der Waals surface area contributed by atoms with Crippen molar-refractivity contribution < 1.29 is 4.79 Å². The van der Waals surface area contributed by atoms with E-state index < -0.39 is 0 Å². The van der Waals surface area contributed by atoms with Crippen LogP contribution in [0.25, 0.3) is 0 Å². The number of hydrogen-bond acceptors (Lipinski definition) is 4. The average molecular weight is 532 g/mol. The number of aliphatic imine (C=N–C) groups is 1. The van der Waals surface area contributed by atoms with Crippen LogP contribution in [0.4, 0.5) is 5.69 Å². The molecular weight excluding hydrogens is 497 g/mol. The summed E-state index contributed by atoms with van der Waals surface area (Å²) in [5.74, 6) is 2.76. The fourth-order valence-corrected chi connectivity index (χ4v) is 5.02. The molecule has 8 heteroatoms. The minimum absolute atomic E-state index is 0. The normalized spacial score (nSPS) is 20.5. The van der Waals surface area contributed by atoms with Crippen molar-refractivity contribution in [3.8, 4) is 0 Å². The van der Waals surface area contributed by atoms with Gasteiger partial charge in [0.1, 0.15) is 0 Å². The summed E-state index contributed by atoms with van der Waals surface area (Å²) in [5.41, 5.74) is 1.23. The summed E-state index contributed by atoms with van der Waals surface area (Å²) in [4.78, 5) is 23.7. The van der Waals surface area contributed by atoms with E-state index >= 15 is 0 Å². The highest BCUT2D eigenvalue weighted by atomic mass is 127. The third-order valence-electron chi connectivity index (χ3n) is 5.50. The van der Waals surface area contributed by atoms with Gasteiger partial charge < -0.3 is 20.0 Å². The molecule has 2 fully saturated rings. The first-order valence-corrected chi connectivity index (χ1v) is 11.3. The molecule has 0 aromatic heterocycles. The second kappa shape index (κ2) is 11.9. The third-order valence-corrected chi connectivity index (χ3v) is 7.04. The van der Waals surface area contributed by atoms with Crippen LogP contribution >= 0.6 is 35.7 Å². The molecule has 0 aliphatic carbocycles. The summed E-state index contributed by atoms with van der Waals surface area (Å²) in [6, 6.07) is 10.4. The van der Waals surface area contributed by atoms with Crippen LogP contribution in [0, 0.1) is 5.92 Å². The molecule has 2 aliphatic heterocycles. The van der Waals surface area contributed by atoms with Crippen LogP contribution in [-0.2, 0) is 4.79 Å². The Hall–Kier alpha value is -1.16. The molecule has 29 heavy (non-hydrogen) atoms. The smallest absolute Gasteiger partial charge is 0.242 e. The topological polar surface area (TPSA) is 51.2 Å². The number of amides is 1. The molecule has 2 saturated heterocycles. The quantitative estimate of drug-likeness (QED) is 0.368. The van der Waals surface area contributed by atoms with Crippen molar-refractivity contribution in [3.05, 3.63) is 30.3 Å². The van der Waals surface area contributed by atoms with E-state index in [-0.39, 0.29) is 29.9 Å². The lowest BCUT2D eigenvalue weighted by Gasteiger charge is -2.37. The molecule has 0 radical (unpaired) electrons. The summed E-state index contributed by atoms with van der Waals surface area (Å²) in [6.45, 7) is 10.1. The number of rotatable bonds is 4. The van der Waals surface area contributed by atoms with Gasteiger partial charge in [-0.2, -0.15) is 11.8 Å². The number of thioether (sulfide) groups is 1. The van der Waals surface area contributed by atoms with E-state index in [1.54, 1.807) is 7.05 Å². The van der Waals surface area contributed by atoms with E-state index in [0.717, 1.165) is 51.0 Å². The number of carbonyl (C=O) groups excluding carboxylic acids is 1. The molecule has 2 aliphatic rings. The average Bonchev–Trinajstić information content (AvgIpc) is 2.75. The second-order valence-electron chi connectivity index (χ2n) is 7.70. The Kier molecular flexibility index (Phi) is 9.88. The molecule has 3 rings (SSSR count). The molecule has 1 atom stereocenters. The number of benzene rings is 1. The largest absolute Gasteiger partial charge is 0.368 e. The molecule has 1 unspecified atom stereocenters. The Balaban J connectivity index is 0.00000300. The van der Waals surface area contributed by atoms with Crippen molar-refractivity contribution in [2.24, 2.45) is 10.9 Å². The summed E-state index contributed by atoms with van der Waals surface area (Å²) in [7, 11) is 1.80. The zero-order valence-electron chi connectivity index (χ0n) is 17.7. The van der Waals surface area contributed by atoms with Gasteiger partial charge >= 0.3 is 0 Å². The van der Waals surface area contributed by atoms with Crippen molar-refractivity contribution >= 4 is 53.3 Å². The van der Waals surface area contributed by atoms with E-state index in [9.17, 15) is 4.79 Å². The maximum Gasteiger partial charge on any atom is 0.242 e. The maximum atomic E-state index is 12.7. The number of guanidine groups is 1. The summed E-state index contributed by atoms with van der Waals surface area (Å²) in [6.07, 6.45) is 0. The Morgan fingerprint density at radius 1 is 1.14 bits per heavy atom. The lowest BCUT2D eigenvalue weighted by Crippen LogP contribution is -2.54. The molecule has 162 valence electrons. The third kappa shape index (κ3) is 6.67. The van der Waals surface area contributed by atoms with Gasteiger partial charge in [0.05, 0.1) is 6.54 Å². The van der Waals surface area contributed by atoms with Crippen LogP contribution in [0.5, 0.6) is 0 Å². The summed E-state index contributed by atoms with van der Waals surface area (Å²) >= 11 is 2.04. The van der Waals surface area contributed by atoms with Crippen LogP contribution in [0.2, 0.25) is 0 Å². The van der Waals surface area contributed by atoms with Gasteiger partial charge in [-0.25, -0.2) is 0 Å². The first-order chi connectivity index (χ1) is 13.6. The first kappa shape index (κ1) is 24.1. The second-order valence-corrected chi connectivity index (χ2v) is 9.05. The van der Waals surface area contributed by atoms with Crippen LogP contribution in [0.15, 0.2) is 35.3 Å². The monoisotopic (exact) mass is 531 g/mol. The van der Waals surface area contributed by atoms with Crippen LogP contribution in [0.1, 0.15) is 13.8 Å². The molecule has 0 bridgehead atoms. The molecule has 1 aromatic rings. The standard InChI is InChI=1S/C21H33N5OS.HI/c1-17(2)19-16-26(13-14-28-19)21(22-3)23-15-20(27)25-11-9-24(10-12-25)18-7-5-4-6-8-18;/h4-8,17,19H,9-16H2,1-3H3,(H,22,23);1H. The Morgan fingerprint density at radius 3 is 2.45 bits per heavy atom. The van der Waals surface area contributed by atoms with Gasteiger partial charge in [-0.3, -0.25) is 9.79 Å². The SMILES string of the molecule is CN=C(NCC(=O)N1CCN(c2ccccc2)CC1)N1CCSC(C(C)C)C1.I. The molecule has 1 N–H and O–H groups in total. The van der Waals surface area contributed by atoms with Gasteiger partial charge in [0.15, 0.2) is 5.96 Å². The zero-order chi connectivity index (χ0) is 19.9. The number of hydrogen-bond donors (Lipinski definition) is 1. The molecule has 0 spiro atoms. The molecule has 0 saturated carbocycles. The van der Waals surface area contributed by atoms with Gasteiger partial charge in [-0.05, 0) is 18.1 Å². The van der Waals surface area contributed by atoms with E-state index in [0.29, 0.717) is 17.7 Å². The van der Waals surface area contributed by atoms with Crippen molar-refractivity contribution in [2.45, 2.75) is 19.1 Å². The molecular formula is C21H34IN5OS. The first-order valence-electron chi connectivity index (χ1n) is 10.2.